The average Bonchev–Trinajstić information content (AvgIpc) is 3.18. The van der Waals surface area contributed by atoms with E-state index in [1.54, 1.807) is 17.0 Å². The first-order valence-corrected chi connectivity index (χ1v) is 10.5. The molecule has 158 valence electrons. The summed E-state index contributed by atoms with van der Waals surface area (Å²) in [6, 6.07) is 10.6. The van der Waals surface area contributed by atoms with Crippen LogP contribution >= 0.6 is 0 Å². The Morgan fingerprint density at radius 3 is 2.72 bits per heavy atom. The molecule has 0 saturated carbocycles. The van der Waals surface area contributed by atoms with E-state index in [1.807, 2.05) is 19.9 Å². The normalized spacial score (nSPS) is 17.6. The smallest absolute Gasteiger partial charge is 0.287 e. The summed E-state index contributed by atoms with van der Waals surface area (Å²) >= 11 is 0. The van der Waals surface area contributed by atoms with Gasteiger partial charge in [0.15, 0.2) is 12.1 Å². The number of nitrogens with zero attached hydrogens (tertiary/aromatic N) is 3. The van der Waals surface area contributed by atoms with Crippen molar-refractivity contribution in [3.8, 4) is 0 Å². The van der Waals surface area contributed by atoms with Gasteiger partial charge in [-0.3, -0.25) is 9.69 Å². The number of nitrogens with one attached hydrogen (secondary N) is 1. The first-order chi connectivity index (χ1) is 14.2. The number of aromatic nitrogens is 2. The van der Waals surface area contributed by atoms with Crippen LogP contribution in [-0.4, -0.2) is 59.0 Å². The molecule has 2 aromatic rings. The molecule has 0 bridgehead atoms. The van der Waals surface area contributed by atoms with E-state index in [4.69, 9.17) is 9.47 Å². The zero-order valence-electron chi connectivity index (χ0n) is 17.4. The molecule has 1 atom stereocenters. The monoisotopic (exact) mass is 400 g/mol. The fourth-order valence-electron chi connectivity index (χ4n) is 3.76. The van der Waals surface area contributed by atoms with Crippen LogP contribution in [0.1, 0.15) is 42.9 Å². The van der Waals surface area contributed by atoms with Gasteiger partial charge in [0.05, 0.1) is 6.54 Å². The van der Waals surface area contributed by atoms with E-state index in [0.717, 1.165) is 32.5 Å². The van der Waals surface area contributed by atoms with Gasteiger partial charge in [0, 0.05) is 44.7 Å². The highest BCUT2D eigenvalue weighted by Crippen LogP contribution is 2.14. The summed E-state index contributed by atoms with van der Waals surface area (Å²) < 4.78 is 13.0. The molecule has 1 aliphatic rings. The van der Waals surface area contributed by atoms with Gasteiger partial charge in [0.2, 0.25) is 0 Å². The number of carbonyl (C=O) groups is 1. The number of hydrogen-bond acceptors (Lipinski definition) is 5. The third-order valence-electron chi connectivity index (χ3n) is 5.06. The lowest BCUT2D eigenvalue weighted by atomic mass is 10.0. The maximum Gasteiger partial charge on any atom is 0.287 e. The van der Waals surface area contributed by atoms with Crippen molar-refractivity contribution in [2.45, 2.75) is 52.1 Å². The van der Waals surface area contributed by atoms with Crippen molar-refractivity contribution < 1.29 is 14.3 Å². The zero-order chi connectivity index (χ0) is 20.5. The van der Waals surface area contributed by atoms with Gasteiger partial charge in [-0.15, -0.1) is 0 Å². The van der Waals surface area contributed by atoms with E-state index in [0.29, 0.717) is 25.6 Å². The molecule has 1 aromatic carbocycles. The van der Waals surface area contributed by atoms with Gasteiger partial charge in [-0.05, 0) is 38.8 Å². The van der Waals surface area contributed by atoms with Crippen molar-refractivity contribution in [3.05, 3.63) is 54.1 Å². The fourth-order valence-corrected chi connectivity index (χ4v) is 3.76. The van der Waals surface area contributed by atoms with Gasteiger partial charge in [0.25, 0.3) is 5.91 Å². The number of ether oxygens (including phenoxy) is 2. The van der Waals surface area contributed by atoms with E-state index < -0.39 is 0 Å². The second-order valence-corrected chi connectivity index (χ2v) is 7.28. The van der Waals surface area contributed by atoms with Crippen molar-refractivity contribution in [1.82, 2.24) is 19.8 Å². The number of likely N-dealkylation sites (tertiary alicyclic amines) is 1. The van der Waals surface area contributed by atoms with Crippen molar-refractivity contribution in [2.75, 3.05) is 26.3 Å². The van der Waals surface area contributed by atoms with Gasteiger partial charge in [-0.2, -0.15) is 0 Å². The molecule has 1 amide bonds. The highest BCUT2D eigenvalue weighted by atomic mass is 16.7. The zero-order valence-corrected chi connectivity index (χ0v) is 17.4. The molecule has 3 rings (SSSR count). The van der Waals surface area contributed by atoms with Crippen molar-refractivity contribution in [3.63, 3.8) is 0 Å². The molecule has 0 radical (unpaired) electrons. The van der Waals surface area contributed by atoms with Crippen LogP contribution in [0.2, 0.25) is 0 Å². The molecule has 1 N–H and O–H groups in total. The highest BCUT2D eigenvalue weighted by Gasteiger charge is 2.24. The molecular weight excluding hydrogens is 368 g/mol. The summed E-state index contributed by atoms with van der Waals surface area (Å²) in [5.74, 6) is 0.253. The fraction of sp³-hybridized carbons (Fsp3) is 0.545. The minimum Gasteiger partial charge on any atom is -0.351 e. The van der Waals surface area contributed by atoms with Crippen LogP contribution in [0.4, 0.5) is 0 Å². The summed E-state index contributed by atoms with van der Waals surface area (Å²) in [7, 11) is 0. The minimum atomic E-state index is -0.387. The maximum atomic E-state index is 12.9. The number of benzene rings is 1. The average molecular weight is 401 g/mol. The number of piperidine rings is 1. The summed E-state index contributed by atoms with van der Waals surface area (Å²) in [6.45, 7) is 8.22. The lowest BCUT2D eigenvalue weighted by molar-refractivity contribution is -0.143. The molecule has 7 heteroatoms. The number of carbonyl (C=O) groups excluding carboxylic acids is 1. The number of amides is 1. The topological polar surface area (TPSA) is 68.6 Å². The predicted molar refractivity (Wildman–Crippen MR) is 111 cm³/mol. The Kier molecular flexibility index (Phi) is 8.22. The summed E-state index contributed by atoms with van der Waals surface area (Å²) in [5, 5.41) is 3.17. The predicted octanol–water partition coefficient (Wildman–Crippen LogP) is 2.68. The lowest BCUT2D eigenvalue weighted by Crippen LogP contribution is -2.47. The van der Waals surface area contributed by atoms with E-state index in [9.17, 15) is 4.79 Å². The summed E-state index contributed by atoms with van der Waals surface area (Å²) in [5.41, 5.74) is 1.30. The number of imidazole rings is 1. The molecule has 1 saturated heterocycles. The third kappa shape index (κ3) is 6.39. The summed E-state index contributed by atoms with van der Waals surface area (Å²) in [4.78, 5) is 19.5. The van der Waals surface area contributed by atoms with E-state index in [2.05, 4.69) is 39.5 Å². The Morgan fingerprint density at radius 2 is 2.00 bits per heavy atom. The van der Waals surface area contributed by atoms with Crippen LogP contribution in [0.5, 0.6) is 0 Å². The van der Waals surface area contributed by atoms with Crippen LogP contribution in [-0.2, 0) is 22.6 Å². The highest BCUT2D eigenvalue weighted by molar-refractivity contribution is 5.91. The Balaban J connectivity index is 1.56. The van der Waals surface area contributed by atoms with Crippen LogP contribution < -0.4 is 5.32 Å². The SMILES string of the molecule is CCOC(Cn1ccnc1C(=O)N[C@@H]1CCCN(Cc2ccccc2)C1)OCC. The molecule has 0 aliphatic carbocycles. The van der Waals surface area contributed by atoms with Crippen molar-refractivity contribution in [2.24, 2.45) is 0 Å². The summed E-state index contributed by atoms with van der Waals surface area (Å²) in [6.07, 6.45) is 5.11. The molecule has 0 spiro atoms. The molecule has 0 unspecified atom stereocenters. The Bertz CT molecular complexity index is 744. The molecule has 7 nitrogen and oxygen atoms in total. The lowest BCUT2D eigenvalue weighted by Gasteiger charge is -2.33. The molecular formula is C22H32N4O3. The standard InChI is InChI=1S/C22H32N4O3/c1-3-28-20(29-4-2)17-26-14-12-23-21(26)22(27)24-19-11-8-13-25(16-19)15-18-9-6-5-7-10-18/h5-7,9-10,12,14,19-20H,3-4,8,11,13,15-17H2,1-2H3,(H,24,27)/t19-/m1/s1. The minimum absolute atomic E-state index is 0.125. The van der Waals surface area contributed by atoms with Crippen molar-refractivity contribution in [1.29, 1.82) is 0 Å². The van der Waals surface area contributed by atoms with E-state index >= 15 is 0 Å². The number of hydrogen-bond donors (Lipinski definition) is 1. The van der Waals surface area contributed by atoms with Crippen LogP contribution in [0.15, 0.2) is 42.7 Å². The molecule has 2 heterocycles. The van der Waals surface area contributed by atoms with E-state index in [-0.39, 0.29) is 18.2 Å². The van der Waals surface area contributed by atoms with Gasteiger partial charge >= 0.3 is 0 Å². The number of rotatable bonds is 10. The Hall–Kier alpha value is -2.22. The maximum absolute atomic E-state index is 12.9. The first-order valence-electron chi connectivity index (χ1n) is 10.5. The van der Waals surface area contributed by atoms with Crippen LogP contribution in [0, 0.1) is 0 Å². The second-order valence-electron chi connectivity index (χ2n) is 7.28. The molecule has 29 heavy (non-hydrogen) atoms. The van der Waals surface area contributed by atoms with E-state index in [1.165, 1.54) is 5.56 Å². The van der Waals surface area contributed by atoms with Gasteiger partial charge < -0.3 is 19.4 Å². The Morgan fingerprint density at radius 1 is 1.24 bits per heavy atom. The molecule has 1 fully saturated rings. The van der Waals surface area contributed by atoms with Crippen LogP contribution in [0.25, 0.3) is 0 Å². The Labute approximate surface area is 173 Å². The van der Waals surface area contributed by atoms with Gasteiger partial charge in [-0.25, -0.2) is 4.98 Å². The molecule has 1 aliphatic heterocycles. The quantitative estimate of drug-likeness (QED) is 0.621. The largest absolute Gasteiger partial charge is 0.351 e. The first kappa shape index (κ1) is 21.5. The van der Waals surface area contributed by atoms with Crippen molar-refractivity contribution >= 4 is 5.91 Å². The third-order valence-corrected chi connectivity index (χ3v) is 5.06. The van der Waals surface area contributed by atoms with Crippen LogP contribution in [0.3, 0.4) is 0 Å². The van der Waals surface area contributed by atoms with Gasteiger partial charge in [0.1, 0.15) is 0 Å². The van der Waals surface area contributed by atoms with Gasteiger partial charge in [-0.1, -0.05) is 30.3 Å². The second kappa shape index (κ2) is 11.1. The molecule has 1 aromatic heterocycles.